The first-order chi connectivity index (χ1) is 15.2. The quantitative estimate of drug-likeness (QED) is 0.261. The van der Waals surface area contributed by atoms with Gasteiger partial charge >= 0.3 is 5.97 Å². The number of aromatic nitrogens is 3. The van der Waals surface area contributed by atoms with E-state index in [0.717, 1.165) is 9.35 Å². The Hall–Kier alpha value is -2.20. The second kappa shape index (κ2) is 8.97. The SMILES string of the molecule is CO[C@@]1(NC(=O)Cc2csc(N)n2)C(=O)N2C(C(=O)O)=C(CSc3nnc(C)s3)CS[C@@H]21. The van der Waals surface area contributed by atoms with E-state index >= 15 is 0 Å². The van der Waals surface area contributed by atoms with Crippen LogP contribution in [0.3, 0.4) is 0 Å². The maximum absolute atomic E-state index is 13.1. The van der Waals surface area contributed by atoms with Gasteiger partial charge in [0, 0.05) is 24.0 Å². The number of thioether (sulfide) groups is 2. The van der Waals surface area contributed by atoms with Gasteiger partial charge in [0.2, 0.25) is 5.91 Å². The van der Waals surface area contributed by atoms with Gasteiger partial charge < -0.3 is 20.9 Å². The lowest BCUT2D eigenvalue weighted by atomic mass is 9.98. The van der Waals surface area contributed by atoms with E-state index in [1.165, 1.54) is 58.2 Å². The molecule has 2 atom stereocenters. The molecule has 170 valence electrons. The lowest BCUT2D eigenvalue weighted by Crippen LogP contribution is -2.80. The van der Waals surface area contributed by atoms with Gasteiger partial charge in [-0.05, 0) is 12.5 Å². The summed E-state index contributed by atoms with van der Waals surface area (Å²) in [5, 5.41) is 22.6. The Bertz CT molecular complexity index is 1120. The number of ether oxygens (including phenoxy) is 1. The molecule has 11 nitrogen and oxygen atoms in total. The van der Waals surface area contributed by atoms with Crippen molar-refractivity contribution in [2.45, 2.75) is 28.8 Å². The number of hydrogen-bond acceptors (Lipinski definition) is 12. The van der Waals surface area contributed by atoms with Crippen LogP contribution >= 0.6 is 46.2 Å². The standard InChI is InChI=1S/C17H18N6O5S4/c1-7-21-22-16(32-7)31-5-8-4-29-14-17(28-2,13(27)23(14)11(8)12(25)26)20-10(24)3-9-6-30-15(18)19-9/h6,14H,3-5H2,1-2H3,(H2,18,19)(H,20,24)(H,25,26)/t14-,17+/m1/s1. The summed E-state index contributed by atoms with van der Waals surface area (Å²) < 4.78 is 6.17. The average Bonchev–Trinajstić information content (AvgIpc) is 3.36. The van der Waals surface area contributed by atoms with Gasteiger partial charge in [-0.2, -0.15) is 0 Å². The van der Waals surface area contributed by atoms with Gasteiger partial charge in [-0.3, -0.25) is 14.5 Å². The van der Waals surface area contributed by atoms with E-state index in [4.69, 9.17) is 10.5 Å². The highest BCUT2D eigenvalue weighted by atomic mass is 32.2. The minimum Gasteiger partial charge on any atom is -0.477 e. The third-order valence-electron chi connectivity index (χ3n) is 4.75. The van der Waals surface area contributed by atoms with Crippen molar-refractivity contribution in [2.75, 3.05) is 24.3 Å². The zero-order valence-corrected chi connectivity index (χ0v) is 20.1. The molecule has 0 aliphatic carbocycles. The Balaban J connectivity index is 1.51. The van der Waals surface area contributed by atoms with Crippen LogP contribution in [0, 0.1) is 6.92 Å². The maximum Gasteiger partial charge on any atom is 0.352 e. The number of nitrogen functional groups attached to an aromatic ring is 1. The largest absolute Gasteiger partial charge is 0.477 e. The van der Waals surface area contributed by atoms with Crippen molar-refractivity contribution in [2.24, 2.45) is 0 Å². The highest BCUT2D eigenvalue weighted by Gasteiger charge is 2.66. The molecular formula is C17H18N6O5S4. The maximum atomic E-state index is 13.1. The summed E-state index contributed by atoms with van der Waals surface area (Å²) in [6.45, 7) is 1.84. The van der Waals surface area contributed by atoms with Gasteiger partial charge in [-0.25, -0.2) is 9.78 Å². The van der Waals surface area contributed by atoms with Gasteiger partial charge in [0.25, 0.3) is 11.6 Å². The van der Waals surface area contributed by atoms with Crippen molar-refractivity contribution >= 4 is 69.1 Å². The summed E-state index contributed by atoms with van der Waals surface area (Å²) in [5.74, 6) is -1.58. The van der Waals surface area contributed by atoms with Crippen molar-refractivity contribution in [1.82, 2.24) is 25.4 Å². The second-order valence-electron chi connectivity index (χ2n) is 6.81. The molecule has 1 saturated heterocycles. The fourth-order valence-corrected chi connectivity index (χ4v) is 7.32. The molecule has 2 aromatic heterocycles. The molecule has 0 aromatic carbocycles. The van der Waals surface area contributed by atoms with Crippen LogP contribution in [0.15, 0.2) is 21.0 Å². The number of nitrogens with two attached hydrogens (primary N) is 1. The number of nitrogens with one attached hydrogen (secondary N) is 1. The number of carbonyl (C=O) groups is 3. The predicted molar refractivity (Wildman–Crippen MR) is 121 cm³/mol. The zero-order valence-electron chi connectivity index (χ0n) is 16.9. The molecule has 0 unspecified atom stereocenters. The molecule has 2 aliphatic heterocycles. The minimum atomic E-state index is -1.64. The molecule has 2 aromatic rings. The van der Waals surface area contributed by atoms with E-state index in [-0.39, 0.29) is 12.1 Å². The van der Waals surface area contributed by atoms with Gasteiger partial charge in [0.1, 0.15) is 16.1 Å². The number of nitrogens with zero attached hydrogens (tertiary/aromatic N) is 4. The number of hydrogen-bond donors (Lipinski definition) is 3. The molecule has 32 heavy (non-hydrogen) atoms. The first kappa shape index (κ1) is 23.0. The highest BCUT2D eigenvalue weighted by Crippen LogP contribution is 2.47. The molecule has 1 fully saturated rings. The fraction of sp³-hybridized carbons (Fsp3) is 0.412. The molecule has 4 N–H and O–H groups in total. The minimum absolute atomic E-state index is 0.0751. The molecule has 0 radical (unpaired) electrons. The van der Waals surface area contributed by atoms with Crippen molar-refractivity contribution in [3.8, 4) is 0 Å². The normalized spacial score (nSPS) is 22.5. The molecule has 4 rings (SSSR count). The first-order valence-corrected chi connectivity index (χ1v) is 12.9. The lowest BCUT2D eigenvalue weighted by molar-refractivity contribution is -0.192. The number of methoxy groups -OCH3 is 1. The Morgan fingerprint density at radius 1 is 1.47 bits per heavy atom. The summed E-state index contributed by atoms with van der Waals surface area (Å²) in [7, 11) is 1.31. The molecule has 2 amide bonds. The predicted octanol–water partition coefficient (Wildman–Crippen LogP) is 0.933. The summed E-state index contributed by atoms with van der Waals surface area (Å²) in [5.41, 5.74) is 4.95. The number of carboxylic acids is 1. The Morgan fingerprint density at radius 3 is 2.84 bits per heavy atom. The number of aliphatic carboxylic acids is 1. The van der Waals surface area contributed by atoms with Crippen LogP contribution in [-0.4, -0.2) is 72.7 Å². The smallest absolute Gasteiger partial charge is 0.352 e. The van der Waals surface area contributed by atoms with Crippen LogP contribution in [0.25, 0.3) is 0 Å². The topological polar surface area (TPSA) is 161 Å². The van der Waals surface area contributed by atoms with E-state index < -0.39 is 28.9 Å². The number of rotatable bonds is 8. The number of carboxylic acid groups (broad SMARTS) is 1. The lowest BCUT2D eigenvalue weighted by Gasteiger charge is -2.55. The molecule has 0 saturated carbocycles. The van der Waals surface area contributed by atoms with E-state index in [9.17, 15) is 19.5 Å². The van der Waals surface area contributed by atoms with Gasteiger partial charge in [0.15, 0.2) is 9.47 Å². The molecule has 4 heterocycles. The first-order valence-electron chi connectivity index (χ1n) is 9.14. The van der Waals surface area contributed by atoms with Crippen LogP contribution in [0.1, 0.15) is 10.7 Å². The van der Waals surface area contributed by atoms with Crippen LogP contribution in [0.5, 0.6) is 0 Å². The molecule has 0 bridgehead atoms. The van der Waals surface area contributed by atoms with Gasteiger partial charge in [-0.1, -0.05) is 23.1 Å². The summed E-state index contributed by atoms with van der Waals surface area (Å²) >= 11 is 5.34. The van der Waals surface area contributed by atoms with E-state index in [2.05, 4.69) is 20.5 Å². The molecule has 2 aliphatic rings. The third-order valence-corrected chi connectivity index (χ3v) is 8.90. The van der Waals surface area contributed by atoms with E-state index in [0.29, 0.717) is 27.9 Å². The Labute approximate surface area is 198 Å². The van der Waals surface area contributed by atoms with Crippen molar-refractivity contribution in [3.63, 3.8) is 0 Å². The molecule has 15 heteroatoms. The van der Waals surface area contributed by atoms with Crippen LogP contribution < -0.4 is 11.1 Å². The number of thiazole rings is 1. The number of aryl methyl sites for hydroxylation is 1. The average molecular weight is 515 g/mol. The monoisotopic (exact) mass is 514 g/mol. The second-order valence-corrected chi connectivity index (χ2v) is 11.2. The summed E-state index contributed by atoms with van der Waals surface area (Å²) in [4.78, 5) is 42.9. The van der Waals surface area contributed by atoms with Gasteiger partial charge in [0.05, 0.1) is 12.1 Å². The summed E-state index contributed by atoms with van der Waals surface area (Å²) in [6.07, 6.45) is -0.0751. The summed E-state index contributed by atoms with van der Waals surface area (Å²) in [6, 6.07) is 0. The number of β-lactam (4-membered cyclic amide) rings is 1. The number of carbonyl (C=O) groups excluding carboxylic acids is 2. The van der Waals surface area contributed by atoms with Crippen molar-refractivity contribution < 1.29 is 24.2 Å². The fourth-order valence-electron chi connectivity index (χ4n) is 3.36. The molecule has 0 spiro atoms. The number of anilines is 1. The Morgan fingerprint density at radius 2 is 2.25 bits per heavy atom. The number of amides is 2. The van der Waals surface area contributed by atoms with E-state index in [1.54, 1.807) is 5.38 Å². The zero-order chi connectivity index (χ0) is 23.0. The van der Waals surface area contributed by atoms with E-state index in [1.807, 2.05) is 6.92 Å². The third kappa shape index (κ3) is 4.10. The van der Waals surface area contributed by atoms with Gasteiger partial charge in [-0.15, -0.1) is 33.3 Å². The highest BCUT2D eigenvalue weighted by molar-refractivity contribution is 8.01. The van der Waals surface area contributed by atoms with Crippen molar-refractivity contribution in [1.29, 1.82) is 0 Å². The Kier molecular flexibility index (Phi) is 6.44. The van der Waals surface area contributed by atoms with Crippen LogP contribution in [0.4, 0.5) is 5.13 Å². The van der Waals surface area contributed by atoms with Crippen LogP contribution in [0.2, 0.25) is 0 Å². The van der Waals surface area contributed by atoms with Crippen LogP contribution in [-0.2, 0) is 25.5 Å². The van der Waals surface area contributed by atoms with Crippen molar-refractivity contribution in [3.05, 3.63) is 27.4 Å². The molecular weight excluding hydrogens is 496 g/mol. The number of fused-ring (bicyclic) bond motifs is 1.